The molecule has 8 nitrogen and oxygen atoms in total. The summed E-state index contributed by atoms with van der Waals surface area (Å²) in [6.45, 7) is 4.42. The van der Waals surface area contributed by atoms with E-state index in [4.69, 9.17) is 25.2 Å². The number of pyridine rings is 1. The van der Waals surface area contributed by atoms with Gasteiger partial charge in [0, 0.05) is 48.9 Å². The molecule has 0 radical (unpaired) electrons. The number of nitrogens with zero attached hydrogens (tertiary/aromatic N) is 5. The van der Waals surface area contributed by atoms with Gasteiger partial charge in [-0.05, 0) is 6.07 Å². The summed E-state index contributed by atoms with van der Waals surface area (Å²) in [6, 6.07) is 1.37. The lowest BCUT2D eigenvalue weighted by atomic mass is 10.0. The highest BCUT2D eigenvalue weighted by Gasteiger charge is 2.37. The predicted molar refractivity (Wildman–Crippen MR) is 103 cm³/mol. The van der Waals surface area contributed by atoms with Crippen LogP contribution in [0, 0.1) is 0 Å². The topological polar surface area (TPSA) is 89.6 Å². The van der Waals surface area contributed by atoms with E-state index in [1.165, 1.54) is 12.3 Å². The number of aromatic nitrogens is 3. The van der Waals surface area contributed by atoms with Crippen LogP contribution in [0.4, 0.5) is 26.4 Å². The van der Waals surface area contributed by atoms with E-state index in [1.807, 2.05) is 4.90 Å². The molecule has 0 aliphatic carbocycles. The zero-order valence-electron chi connectivity index (χ0n) is 15.9. The van der Waals surface area contributed by atoms with Crippen LogP contribution >= 0.6 is 0 Å². The Bertz CT molecular complexity index is 922. The van der Waals surface area contributed by atoms with Crippen LogP contribution in [0.1, 0.15) is 17.6 Å². The van der Waals surface area contributed by atoms with Crippen LogP contribution in [0.15, 0.2) is 12.3 Å². The minimum absolute atomic E-state index is 0.0639. The molecule has 2 aromatic heterocycles. The Morgan fingerprint density at radius 1 is 1.10 bits per heavy atom. The van der Waals surface area contributed by atoms with E-state index in [-0.39, 0.29) is 17.4 Å². The van der Waals surface area contributed by atoms with Gasteiger partial charge in [-0.3, -0.25) is 0 Å². The lowest BCUT2D eigenvalue weighted by Crippen LogP contribution is -2.43. The first-order valence-electron chi connectivity index (χ1n) is 9.73. The van der Waals surface area contributed by atoms with E-state index < -0.39 is 6.43 Å². The maximum atomic E-state index is 13.8. The molecule has 0 aromatic carbocycles. The molecule has 2 fully saturated rings. The van der Waals surface area contributed by atoms with Gasteiger partial charge in [0.05, 0.1) is 38.2 Å². The molecule has 3 aliphatic heterocycles. The predicted octanol–water partition coefficient (Wildman–Crippen LogP) is 1.66. The van der Waals surface area contributed by atoms with Crippen LogP contribution < -0.4 is 15.5 Å². The number of anilines is 3. The van der Waals surface area contributed by atoms with E-state index in [0.717, 1.165) is 17.9 Å². The van der Waals surface area contributed by atoms with Crippen molar-refractivity contribution in [2.75, 3.05) is 61.6 Å². The van der Waals surface area contributed by atoms with Gasteiger partial charge in [-0.1, -0.05) is 0 Å². The normalized spacial score (nSPS) is 21.4. The van der Waals surface area contributed by atoms with E-state index in [1.54, 1.807) is 0 Å². The highest BCUT2D eigenvalue weighted by Crippen LogP contribution is 2.41. The zero-order chi connectivity index (χ0) is 20.0. The van der Waals surface area contributed by atoms with Crippen LogP contribution in [0.5, 0.6) is 0 Å². The van der Waals surface area contributed by atoms with Gasteiger partial charge < -0.3 is 25.0 Å². The smallest absolute Gasteiger partial charge is 0.264 e. The number of alkyl halides is 2. The molecule has 154 valence electrons. The average Bonchev–Trinajstić information content (AvgIpc) is 3.12. The molecular formula is C19H22F2N6O2. The Labute approximate surface area is 166 Å². The van der Waals surface area contributed by atoms with Crippen LogP contribution in [-0.2, 0) is 15.9 Å². The van der Waals surface area contributed by atoms with Gasteiger partial charge in [-0.2, -0.15) is 4.98 Å². The summed E-state index contributed by atoms with van der Waals surface area (Å²) < 4.78 is 38.7. The SMILES string of the molecule is Nc1cc(C(F)F)c(-c2nc(N3CCOCC3)nc3c2C[C@@H]2COCCN32)cn1. The minimum Gasteiger partial charge on any atom is -0.384 e. The molecule has 0 saturated carbocycles. The first-order valence-corrected chi connectivity index (χ1v) is 9.73. The minimum atomic E-state index is -2.68. The third-order valence-corrected chi connectivity index (χ3v) is 5.65. The third-order valence-electron chi connectivity index (χ3n) is 5.65. The molecule has 10 heteroatoms. The molecule has 1 atom stereocenters. The van der Waals surface area contributed by atoms with Crippen LogP contribution in [0.3, 0.4) is 0 Å². The highest BCUT2D eigenvalue weighted by atomic mass is 19.3. The maximum Gasteiger partial charge on any atom is 0.264 e. The number of hydrogen-bond acceptors (Lipinski definition) is 8. The molecule has 0 unspecified atom stereocenters. The van der Waals surface area contributed by atoms with Gasteiger partial charge in [0.2, 0.25) is 5.95 Å². The van der Waals surface area contributed by atoms with Crippen molar-refractivity contribution >= 4 is 17.6 Å². The lowest BCUT2D eigenvalue weighted by Gasteiger charge is -2.32. The van der Waals surface area contributed by atoms with Gasteiger partial charge in [0.25, 0.3) is 6.43 Å². The summed E-state index contributed by atoms with van der Waals surface area (Å²) in [4.78, 5) is 17.9. The summed E-state index contributed by atoms with van der Waals surface area (Å²) in [6.07, 6.45) is -0.627. The standard InChI is InChI=1S/C19H22F2N6O2/c20-17(21)12-8-15(22)23-9-14(12)16-13-7-11-10-29-6-3-27(11)18(13)25-19(24-16)26-1-4-28-5-2-26/h8-9,11,17H,1-7,10H2,(H2,22,23)/t11-/m1/s1. The fourth-order valence-electron chi connectivity index (χ4n) is 4.22. The van der Waals surface area contributed by atoms with Crippen molar-refractivity contribution in [3.63, 3.8) is 0 Å². The fourth-order valence-corrected chi connectivity index (χ4v) is 4.22. The Morgan fingerprint density at radius 3 is 2.69 bits per heavy atom. The second kappa shape index (κ2) is 7.34. The highest BCUT2D eigenvalue weighted by molar-refractivity contribution is 5.76. The number of morpholine rings is 2. The zero-order valence-corrected chi connectivity index (χ0v) is 15.9. The number of fused-ring (bicyclic) bond motifs is 3. The number of ether oxygens (including phenoxy) is 2. The molecule has 3 aliphatic rings. The second-order valence-electron chi connectivity index (χ2n) is 7.40. The first kappa shape index (κ1) is 18.4. The van der Waals surface area contributed by atoms with E-state index >= 15 is 0 Å². The van der Waals surface area contributed by atoms with Crippen LogP contribution in [0.25, 0.3) is 11.3 Å². The summed E-state index contributed by atoms with van der Waals surface area (Å²) in [7, 11) is 0. The molecule has 2 saturated heterocycles. The molecule has 5 rings (SSSR count). The molecule has 0 spiro atoms. The van der Waals surface area contributed by atoms with Crippen molar-refractivity contribution in [2.24, 2.45) is 0 Å². The molecule has 0 amide bonds. The Hall–Kier alpha value is -2.59. The number of halogens is 2. The largest absolute Gasteiger partial charge is 0.384 e. The Morgan fingerprint density at radius 2 is 1.90 bits per heavy atom. The van der Waals surface area contributed by atoms with Gasteiger partial charge in [-0.25, -0.2) is 18.7 Å². The Kier molecular flexibility index (Phi) is 4.67. The van der Waals surface area contributed by atoms with Gasteiger partial charge >= 0.3 is 0 Å². The van der Waals surface area contributed by atoms with E-state index in [9.17, 15) is 8.78 Å². The summed E-state index contributed by atoms with van der Waals surface area (Å²) in [5.41, 5.74) is 7.20. The van der Waals surface area contributed by atoms with Crippen LogP contribution in [-0.4, -0.2) is 67.1 Å². The molecular weight excluding hydrogens is 382 g/mol. The van der Waals surface area contributed by atoms with Crippen molar-refractivity contribution in [3.8, 4) is 11.3 Å². The molecule has 2 aromatic rings. The monoisotopic (exact) mass is 404 g/mol. The molecule has 2 N–H and O–H groups in total. The average molecular weight is 404 g/mol. The number of hydrogen-bond donors (Lipinski definition) is 1. The number of nitrogen functional groups attached to an aromatic ring is 1. The van der Waals surface area contributed by atoms with Gasteiger partial charge in [0.1, 0.15) is 11.6 Å². The van der Waals surface area contributed by atoms with Crippen molar-refractivity contribution in [2.45, 2.75) is 18.9 Å². The summed E-state index contributed by atoms with van der Waals surface area (Å²) >= 11 is 0. The summed E-state index contributed by atoms with van der Waals surface area (Å²) in [5, 5.41) is 0. The fraction of sp³-hybridized carbons (Fsp3) is 0.526. The quantitative estimate of drug-likeness (QED) is 0.826. The van der Waals surface area contributed by atoms with Crippen molar-refractivity contribution in [1.82, 2.24) is 15.0 Å². The lowest BCUT2D eigenvalue weighted by molar-refractivity contribution is 0.0974. The molecule has 5 heterocycles. The van der Waals surface area contributed by atoms with Gasteiger partial charge in [0.15, 0.2) is 0 Å². The van der Waals surface area contributed by atoms with E-state index in [0.29, 0.717) is 63.1 Å². The first-order chi connectivity index (χ1) is 14.1. The number of nitrogens with two attached hydrogens (primary N) is 1. The van der Waals surface area contributed by atoms with Gasteiger partial charge in [-0.15, -0.1) is 0 Å². The molecule has 29 heavy (non-hydrogen) atoms. The van der Waals surface area contributed by atoms with Crippen molar-refractivity contribution in [1.29, 1.82) is 0 Å². The van der Waals surface area contributed by atoms with Crippen molar-refractivity contribution < 1.29 is 18.3 Å². The van der Waals surface area contributed by atoms with Crippen molar-refractivity contribution in [3.05, 3.63) is 23.4 Å². The Balaban J connectivity index is 1.68. The van der Waals surface area contributed by atoms with E-state index in [2.05, 4.69) is 9.88 Å². The second-order valence-corrected chi connectivity index (χ2v) is 7.40. The molecule has 0 bridgehead atoms. The maximum absolute atomic E-state index is 13.8. The number of rotatable bonds is 3. The third kappa shape index (κ3) is 3.25. The summed E-state index contributed by atoms with van der Waals surface area (Å²) in [5.74, 6) is 1.40. The van der Waals surface area contributed by atoms with Crippen LogP contribution in [0.2, 0.25) is 0 Å².